The highest BCUT2D eigenvalue weighted by Crippen LogP contribution is 2.41. The van der Waals surface area contributed by atoms with Crippen molar-refractivity contribution in [1.29, 1.82) is 0 Å². The lowest BCUT2D eigenvalue weighted by molar-refractivity contribution is -0.137. The third-order valence-corrected chi connectivity index (χ3v) is 4.89. The summed E-state index contributed by atoms with van der Waals surface area (Å²) in [6.07, 6.45) is 1.39. The first-order chi connectivity index (χ1) is 15.6. The van der Waals surface area contributed by atoms with Crippen LogP contribution in [0.2, 0.25) is 0 Å². The van der Waals surface area contributed by atoms with E-state index in [-0.39, 0.29) is 19.0 Å². The average Bonchev–Trinajstić information content (AvgIpc) is 2.81. The van der Waals surface area contributed by atoms with Crippen molar-refractivity contribution in [1.82, 2.24) is 0 Å². The summed E-state index contributed by atoms with van der Waals surface area (Å²) in [5.74, 6) is -0.727. The van der Waals surface area contributed by atoms with Gasteiger partial charge in [0.2, 0.25) is 0 Å². The van der Waals surface area contributed by atoms with E-state index in [9.17, 15) is 9.59 Å². The Kier molecular flexibility index (Phi) is 8.22. The van der Waals surface area contributed by atoms with Crippen LogP contribution in [0.5, 0.6) is 11.5 Å². The zero-order chi connectivity index (χ0) is 22.9. The van der Waals surface area contributed by atoms with Crippen LogP contribution in [-0.4, -0.2) is 38.9 Å². The topological polar surface area (TPSA) is 71.1 Å². The predicted molar refractivity (Wildman–Crippen MR) is 122 cm³/mol. The van der Waals surface area contributed by atoms with Gasteiger partial charge in [0, 0.05) is 18.1 Å². The predicted octanol–water partition coefficient (Wildman–Crippen LogP) is 4.95. The molecule has 6 nitrogen and oxygen atoms in total. The second-order valence-electron chi connectivity index (χ2n) is 7.20. The summed E-state index contributed by atoms with van der Waals surface area (Å²) in [6, 6.07) is 17.2. The zero-order valence-corrected chi connectivity index (χ0v) is 18.7. The summed E-state index contributed by atoms with van der Waals surface area (Å²) in [5, 5.41) is 1.32. The van der Waals surface area contributed by atoms with E-state index < -0.39 is 11.8 Å². The maximum Gasteiger partial charge on any atom is 0.379 e. The molecule has 0 aliphatic heterocycles. The van der Waals surface area contributed by atoms with Gasteiger partial charge in [-0.15, -0.1) is 0 Å². The molecule has 0 bridgehead atoms. The van der Waals surface area contributed by atoms with E-state index in [2.05, 4.69) is 0 Å². The van der Waals surface area contributed by atoms with E-state index in [0.717, 1.165) is 22.9 Å². The molecule has 0 aromatic heterocycles. The molecule has 168 valence electrons. The van der Waals surface area contributed by atoms with Crippen molar-refractivity contribution < 1.29 is 28.5 Å². The first-order valence-electron chi connectivity index (χ1n) is 10.7. The summed E-state index contributed by atoms with van der Waals surface area (Å²) in [7, 11) is 1.54. The molecule has 32 heavy (non-hydrogen) atoms. The molecule has 0 aliphatic rings. The molecular weight excluding hydrogens is 408 g/mol. The van der Waals surface area contributed by atoms with Gasteiger partial charge in [-0.25, -0.2) is 4.79 Å². The molecule has 6 heteroatoms. The molecule has 0 spiro atoms. The molecule has 0 unspecified atom stereocenters. The van der Waals surface area contributed by atoms with Crippen LogP contribution in [0.3, 0.4) is 0 Å². The largest absolute Gasteiger partial charge is 0.490 e. The summed E-state index contributed by atoms with van der Waals surface area (Å²) in [4.78, 5) is 25.3. The third kappa shape index (κ3) is 5.26. The number of rotatable bonds is 11. The van der Waals surface area contributed by atoms with Crippen LogP contribution in [0.4, 0.5) is 0 Å². The van der Waals surface area contributed by atoms with Gasteiger partial charge in [-0.2, -0.15) is 0 Å². The van der Waals surface area contributed by atoms with E-state index >= 15 is 0 Å². The van der Waals surface area contributed by atoms with Gasteiger partial charge in [-0.1, -0.05) is 55.5 Å². The Morgan fingerprint density at radius 3 is 2.41 bits per heavy atom. The molecule has 0 saturated carbocycles. The van der Waals surface area contributed by atoms with Crippen LogP contribution in [0, 0.1) is 0 Å². The molecule has 0 heterocycles. The number of methoxy groups -OCH3 is 1. The smallest absolute Gasteiger partial charge is 0.379 e. The fourth-order valence-corrected chi connectivity index (χ4v) is 3.53. The Bertz CT molecular complexity index is 1070. The summed E-state index contributed by atoms with van der Waals surface area (Å²) >= 11 is 0. The van der Waals surface area contributed by atoms with E-state index in [1.54, 1.807) is 19.1 Å². The molecule has 0 aliphatic carbocycles. The Morgan fingerprint density at radius 1 is 0.938 bits per heavy atom. The van der Waals surface area contributed by atoms with Crippen molar-refractivity contribution >= 4 is 22.5 Å². The van der Waals surface area contributed by atoms with Gasteiger partial charge >= 0.3 is 5.97 Å². The summed E-state index contributed by atoms with van der Waals surface area (Å²) < 4.78 is 22.0. The minimum absolute atomic E-state index is 0.0163. The SMILES string of the molecule is CCCOc1cc(C(=O)C(=O)OCC)c2cccc(Cc3ccccc3)c2c1OCOC. The second-order valence-corrected chi connectivity index (χ2v) is 7.20. The van der Waals surface area contributed by atoms with E-state index in [4.69, 9.17) is 18.9 Å². The zero-order valence-electron chi connectivity index (χ0n) is 18.7. The monoisotopic (exact) mass is 436 g/mol. The van der Waals surface area contributed by atoms with Crippen molar-refractivity contribution in [3.63, 3.8) is 0 Å². The van der Waals surface area contributed by atoms with Crippen molar-refractivity contribution in [2.45, 2.75) is 26.7 Å². The number of benzene rings is 3. The molecule has 0 N–H and O–H groups in total. The molecule has 0 fully saturated rings. The van der Waals surface area contributed by atoms with Gasteiger partial charge in [0.05, 0.1) is 13.2 Å². The average molecular weight is 437 g/mol. The van der Waals surface area contributed by atoms with Gasteiger partial charge < -0.3 is 18.9 Å². The molecule has 0 saturated heterocycles. The molecule has 0 atom stereocenters. The fourth-order valence-electron chi connectivity index (χ4n) is 3.53. The number of carbonyl (C=O) groups is 2. The highest BCUT2D eigenvalue weighted by molar-refractivity contribution is 6.43. The van der Waals surface area contributed by atoms with E-state index in [1.165, 1.54) is 7.11 Å². The van der Waals surface area contributed by atoms with Gasteiger partial charge in [0.25, 0.3) is 5.78 Å². The van der Waals surface area contributed by atoms with Gasteiger partial charge in [-0.05, 0) is 42.3 Å². The van der Waals surface area contributed by atoms with Crippen molar-refractivity contribution in [2.75, 3.05) is 27.1 Å². The Morgan fingerprint density at radius 2 is 1.72 bits per heavy atom. The summed E-state index contributed by atoms with van der Waals surface area (Å²) in [6.45, 7) is 4.22. The van der Waals surface area contributed by atoms with Crippen molar-refractivity contribution in [3.05, 3.63) is 71.3 Å². The highest BCUT2D eigenvalue weighted by atomic mass is 16.7. The van der Waals surface area contributed by atoms with Gasteiger partial charge in [0.15, 0.2) is 18.3 Å². The number of hydrogen-bond acceptors (Lipinski definition) is 6. The fraction of sp³-hybridized carbons (Fsp3) is 0.308. The Labute approximate surface area is 188 Å². The Balaban J connectivity index is 2.26. The number of carbonyl (C=O) groups excluding carboxylic acids is 2. The normalized spacial score (nSPS) is 10.7. The number of esters is 1. The van der Waals surface area contributed by atoms with Crippen LogP contribution in [0.25, 0.3) is 10.8 Å². The maximum absolute atomic E-state index is 13.0. The van der Waals surface area contributed by atoms with Crippen LogP contribution in [-0.2, 0) is 20.7 Å². The van der Waals surface area contributed by atoms with Gasteiger partial charge in [0.1, 0.15) is 0 Å². The van der Waals surface area contributed by atoms with Gasteiger partial charge in [-0.3, -0.25) is 4.79 Å². The lowest BCUT2D eigenvalue weighted by atomic mass is 9.93. The molecular formula is C26H28O6. The highest BCUT2D eigenvalue weighted by Gasteiger charge is 2.25. The van der Waals surface area contributed by atoms with Crippen LogP contribution < -0.4 is 9.47 Å². The first-order valence-corrected chi connectivity index (χ1v) is 10.7. The molecule has 3 rings (SSSR count). The summed E-state index contributed by atoms with van der Waals surface area (Å²) in [5.41, 5.74) is 2.28. The Hall–Kier alpha value is -3.38. The van der Waals surface area contributed by atoms with E-state index in [1.807, 2.05) is 49.4 Å². The molecule has 0 radical (unpaired) electrons. The maximum atomic E-state index is 13.0. The second kappa shape index (κ2) is 11.3. The van der Waals surface area contributed by atoms with Crippen LogP contribution >= 0.6 is 0 Å². The van der Waals surface area contributed by atoms with Crippen molar-refractivity contribution in [2.24, 2.45) is 0 Å². The molecule has 0 amide bonds. The molecule has 3 aromatic carbocycles. The minimum atomic E-state index is -0.894. The van der Waals surface area contributed by atoms with Crippen LogP contribution in [0.15, 0.2) is 54.6 Å². The minimum Gasteiger partial charge on any atom is -0.490 e. The lowest BCUT2D eigenvalue weighted by Gasteiger charge is -2.19. The van der Waals surface area contributed by atoms with E-state index in [0.29, 0.717) is 29.9 Å². The number of ether oxygens (including phenoxy) is 4. The number of Topliss-reactive ketones (excluding diaryl/α,β-unsaturated/α-hetero) is 1. The quantitative estimate of drug-likeness (QED) is 0.183. The van der Waals surface area contributed by atoms with Crippen LogP contribution in [0.1, 0.15) is 41.8 Å². The lowest BCUT2D eigenvalue weighted by Crippen LogP contribution is -2.18. The van der Waals surface area contributed by atoms with Crippen molar-refractivity contribution in [3.8, 4) is 11.5 Å². The standard InChI is InChI=1S/C26H28O6/c1-4-14-31-22-16-21(24(27)26(28)30-5-2)20-13-9-12-19(15-18-10-7-6-8-11-18)23(20)25(22)32-17-29-3/h6-13,16H,4-5,14-15,17H2,1-3H3. The first kappa shape index (κ1) is 23.3. The number of fused-ring (bicyclic) bond motifs is 1. The molecule has 3 aromatic rings. The third-order valence-electron chi connectivity index (χ3n) is 4.89. The number of ketones is 1. The number of hydrogen-bond donors (Lipinski definition) is 0.